The van der Waals surface area contributed by atoms with Gasteiger partial charge in [0.15, 0.2) is 11.6 Å². The number of hydrogen-bond donors (Lipinski definition) is 0. The summed E-state index contributed by atoms with van der Waals surface area (Å²) in [5, 5.41) is 0. The second-order valence-electron chi connectivity index (χ2n) is 8.77. The Balaban J connectivity index is 1.40. The lowest BCUT2D eigenvalue weighted by atomic mass is 10.00. The van der Waals surface area contributed by atoms with E-state index in [-0.39, 0.29) is 12.0 Å². The van der Waals surface area contributed by atoms with Crippen molar-refractivity contribution in [3.63, 3.8) is 0 Å². The second-order valence-corrected chi connectivity index (χ2v) is 8.77. The monoisotopic (exact) mass is 514 g/mol. The first-order valence-corrected chi connectivity index (χ1v) is 11.8. The fraction of sp³-hybridized carbons (Fsp3) is 0.200. The van der Waals surface area contributed by atoms with E-state index in [1.807, 2.05) is 24.3 Å². The first-order chi connectivity index (χ1) is 17.6. The van der Waals surface area contributed by atoms with Crippen LogP contribution in [0, 0.1) is 23.3 Å². The minimum absolute atomic E-state index is 0.0272. The Morgan fingerprint density at radius 1 is 0.595 bits per heavy atom. The smallest absolute Gasteiger partial charge is 0.398 e. The molecule has 4 aromatic rings. The fourth-order valence-corrected chi connectivity index (χ4v) is 4.07. The first kappa shape index (κ1) is 26.3. The molecule has 1 nitrogen and oxygen atoms in total. The van der Waals surface area contributed by atoms with E-state index in [9.17, 15) is 26.3 Å². The third kappa shape index (κ3) is 6.53. The van der Waals surface area contributed by atoms with Crippen LogP contribution in [-0.2, 0) is 12.8 Å². The van der Waals surface area contributed by atoms with Gasteiger partial charge in [-0.2, -0.15) is 8.78 Å². The molecule has 0 saturated heterocycles. The van der Waals surface area contributed by atoms with Gasteiger partial charge in [-0.25, -0.2) is 17.6 Å². The van der Waals surface area contributed by atoms with Gasteiger partial charge in [0.05, 0.1) is 12.0 Å². The number of aryl methyl sites for hydroxylation is 2. The molecule has 0 heterocycles. The molecule has 0 aliphatic carbocycles. The van der Waals surface area contributed by atoms with Crippen LogP contribution in [0.15, 0.2) is 78.9 Å². The number of benzene rings is 4. The fourth-order valence-electron chi connectivity index (χ4n) is 4.07. The lowest BCUT2D eigenvalue weighted by Gasteiger charge is -2.19. The van der Waals surface area contributed by atoms with E-state index in [1.54, 1.807) is 12.1 Å². The van der Waals surface area contributed by atoms with Crippen LogP contribution >= 0.6 is 0 Å². The Hall–Kier alpha value is -3.74. The minimum atomic E-state index is -3.70. The van der Waals surface area contributed by atoms with Gasteiger partial charge in [-0.1, -0.05) is 67.9 Å². The van der Waals surface area contributed by atoms with E-state index in [0.717, 1.165) is 36.1 Å². The quantitative estimate of drug-likeness (QED) is 0.202. The molecule has 0 aliphatic rings. The molecule has 4 aromatic carbocycles. The van der Waals surface area contributed by atoms with Crippen molar-refractivity contribution in [1.29, 1.82) is 0 Å². The standard InChI is InChI=1S/C30H24F6O/c1-2-3-19-4-8-21(9-5-19)22-10-6-20(7-11-22)14-15-30(35,36)37-24-17-27(33)29(28(34)18-24)23-12-13-25(31)26(32)16-23/h4-13,16-18H,2-3,14-15H2,1H3. The van der Waals surface area contributed by atoms with Crippen LogP contribution in [0.4, 0.5) is 26.3 Å². The lowest BCUT2D eigenvalue weighted by Crippen LogP contribution is -2.25. The third-order valence-corrected chi connectivity index (χ3v) is 5.98. The summed E-state index contributed by atoms with van der Waals surface area (Å²) in [5.74, 6) is -5.67. The van der Waals surface area contributed by atoms with Gasteiger partial charge in [-0.15, -0.1) is 0 Å². The second kappa shape index (κ2) is 11.1. The van der Waals surface area contributed by atoms with Crippen LogP contribution in [0.3, 0.4) is 0 Å². The predicted octanol–water partition coefficient (Wildman–Crippen LogP) is 9.13. The number of ether oxygens (including phenoxy) is 1. The number of rotatable bonds is 9. The molecular formula is C30H24F6O. The van der Waals surface area contributed by atoms with Crippen molar-refractivity contribution < 1.29 is 31.1 Å². The molecule has 0 saturated carbocycles. The van der Waals surface area contributed by atoms with Crippen LogP contribution < -0.4 is 4.74 Å². The SMILES string of the molecule is CCCc1ccc(-c2ccc(CCC(F)(F)Oc3cc(F)c(-c4ccc(F)c(F)c4)c(F)c3)cc2)cc1. The van der Waals surface area contributed by atoms with Gasteiger partial charge in [-0.05, 0) is 52.8 Å². The van der Waals surface area contributed by atoms with Gasteiger partial charge >= 0.3 is 6.11 Å². The Morgan fingerprint density at radius 3 is 1.62 bits per heavy atom. The van der Waals surface area contributed by atoms with Gasteiger partial charge in [0.2, 0.25) is 0 Å². The summed E-state index contributed by atoms with van der Waals surface area (Å²) < 4.78 is 89.1. The summed E-state index contributed by atoms with van der Waals surface area (Å²) in [5.41, 5.74) is 2.95. The van der Waals surface area contributed by atoms with E-state index in [0.29, 0.717) is 23.8 Å². The summed E-state index contributed by atoms with van der Waals surface area (Å²) in [7, 11) is 0. The van der Waals surface area contributed by atoms with Crippen molar-refractivity contribution >= 4 is 0 Å². The van der Waals surface area contributed by atoms with Crippen molar-refractivity contribution in [2.24, 2.45) is 0 Å². The summed E-state index contributed by atoms with van der Waals surface area (Å²) >= 11 is 0. The largest absolute Gasteiger partial charge is 0.432 e. The summed E-state index contributed by atoms with van der Waals surface area (Å²) in [6.07, 6.45) is -2.37. The Labute approximate surface area is 211 Å². The zero-order valence-corrected chi connectivity index (χ0v) is 20.0. The van der Waals surface area contributed by atoms with E-state index < -0.39 is 47.1 Å². The average Bonchev–Trinajstić information content (AvgIpc) is 2.85. The van der Waals surface area contributed by atoms with Crippen molar-refractivity contribution in [1.82, 2.24) is 0 Å². The highest BCUT2D eigenvalue weighted by Gasteiger charge is 2.32. The molecule has 0 spiro atoms. The van der Waals surface area contributed by atoms with E-state index in [4.69, 9.17) is 0 Å². The highest BCUT2D eigenvalue weighted by Crippen LogP contribution is 2.34. The first-order valence-electron chi connectivity index (χ1n) is 11.8. The van der Waals surface area contributed by atoms with Crippen LogP contribution in [0.2, 0.25) is 0 Å². The van der Waals surface area contributed by atoms with Crippen molar-refractivity contribution in [3.8, 4) is 28.0 Å². The van der Waals surface area contributed by atoms with Gasteiger partial charge < -0.3 is 4.74 Å². The third-order valence-electron chi connectivity index (χ3n) is 5.98. The van der Waals surface area contributed by atoms with Crippen molar-refractivity contribution in [2.45, 2.75) is 38.7 Å². The van der Waals surface area contributed by atoms with Crippen LogP contribution in [0.25, 0.3) is 22.3 Å². The average molecular weight is 515 g/mol. The molecule has 4 rings (SSSR count). The van der Waals surface area contributed by atoms with Crippen molar-refractivity contribution in [2.75, 3.05) is 0 Å². The summed E-state index contributed by atoms with van der Waals surface area (Å²) in [4.78, 5) is 0. The molecular weight excluding hydrogens is 490 g/mol. The highest BCUT2D eigenvalue weighted by atomic mass is 19.3. The zero-order valence-electron chi connectivity index (χ0n) is 20.0. The predicted molar refractivity (Wildman–Crippen MR) is 131 cm³/mol. The normalized spacial score (nSPS) is 11.5. The molecule has 0 fully saturated rings. The van der Waals surface area contributed by atoms with Gasteiger partial charge in [0.25, 0.3) is 0 Å². The number of alkyl halides is 2. The molecule has 0 bridgehead atoms. The molecule has 0 N–H and O–H groups in total. The number of hydrogen-bond acceptors (Lipinski definition) is 1. The Morgan fingerprint density at radius 2 is 1.11 bits per heavy atom. The van der Waals surface area contributed by atoms with E-state index in [2.05, 4.69) is 23.8 Å². The minimum Gasteiger partial charge on any atom is -0.432 e. The summed E-state index contributed by atoms with van der Waals surface area (Å²) in [6, 6.07) is 18.9. The van der Waals surface area contributed by atoms with Gasteiger partial charge in [0, 0.05) is 12.1 Å². The zero-order chi connectivity index (χ0) is 26.6. The molecule has 0 amide bonds. The van der Waals surface area contributed by atoms with Crippen LogP contribution in [0.1, 0.15) is 30.9 Å². The molecule has 0 aliphatic heterocycles. The Kier molecular flexibility index (Phi) is 7.91. The van der Waals surface area contributed by atoms with Gasteiger partial charge in [0.1, 0.15) is 17.4 Å². The topological polar surface area (TPSA) is 9.23 Å². The van der Waals surface area contributed by atoms with Crippen LogP contribution in [0.5, 0.6) is 5.75 Å². The van der Waals surface area contributed by atoms with Gasteiger partial charge in [-0.3, -0.25) is 0 Å². The van der Waals surface area contributed by atoms with E-state index in [1.165, 1.54) is 5.56 Å². The molecule has 7 heteroatoms. The maximum Gasteiger partial charge on any atom is 0.398 e. The van der Waals surface area contributed by atoms with E-state index >= 15 is 0 Å². The lowest BCUT2D eigenvalue weighted by molar-refractivity contribution is -0.180. The molecule has 37 heavy (non-hydrogen) atoms. The molecule has 0 unspecified atom stereocenters. The maximum atomic E-state index is 14.5. The Bertz CT molecular complexity index is 1340. The molecule has 0 aromatic heterocycles. The summed E-state index contributed by atoms with van der Waals surface area (Å²) in [6.45, 7) is 2.12. The molecule has 0 radical (unpaired) electrons. The maximum absolute atomic E-state index is 14.5. The number of halogens is 6. The van der Waals surface area contributed by atoms with Crippen molar-refractivity contribution in [3.05, 3.63) is 113 Å². The molecule has 192 valence electrons. The molecule has 0 atom stereocenters. The van der Waals surface area contributed by atoms with Crippen LogP contribution in [-0.4, -0.2) is 6.11 Å². The highest BCUT2D eigenvalue weighted by molar-refractivity contribution is 5.66.